The average molecular weight is 399 g/mol. The minimum atomic E-state index is -0.150. The highest BCUT2D eigenvalue weighted by molar-refractivity contribution is 5.90. The van der Waals surface area contributed by atoms with Crippen LogP contribution >= 0.6 is 0 Å². The number of aromatic nitrogens is 4. The van der Waals surface area contributed by atoms with E-state index in [1.165, 1.54) is 0 Å². The Morgan fingerprint density at radius 1 is 1.31 bits per heavy atom. The summed E-state index contributed by atoms with van der Waals surface area (Å²) in [6.07, 6.45) is 4.76. The molecule has 1 spiro atoms. The fourth-order valence-electron chi connectivity index (χ4n) is 4.12. The lowest BCUT2D eigenvalue weighted by Crippen LogP contribution is -2.44. The molecule has 156 valence electrons. The predicted molar refractivity (Wildman–Crippen MR) is 108 cm³/mol. The van der Waals surface area contributed by atoms with Gasteiger partial charge in [0.25, 0.3) is 5.91 Å². The third-order valence-electron chi connectivity index (χ3n) is 6.18. The van der Waals surface area contributed by atoms with Crippen molar-refractivity contribution in [1.82, 2.24) is 30.0 Å². The highest BCUT2D eigenvalue weighted by atomic mass is 16.5. The molecule has 2 aliphatic rings. The van der Waals surface area contributed by atoms with Crippen molar-refractivity contribution in [1.29, 1.82) is 0 Å². The number of carbonyl (C=O) groups excluding carboxylic acids is 1. The summed E-state index contributed by atoms with van der Waals surface area (Å²) in [5.41, 5.74) is 1.12. The van der Waals surface area contributed by atoms with Crippen molar-refractivity contribution >= 4 is 5.91 Å². The van der Waals surface area contributed by atoms with Crippen LogP contribution in [0.3, 0.4) is 0 Å². The van der Waals surface area contributed by atoms with E-state index in [1.807, 2.05) is 29.8 Å². The van der Waals surface area contributed by atoms with Gasteiger partial charge < -0.3 is 14.6 Å². The predicted octanol–water partition coefficient (Wildman–Crippen LogP) is 2.01. The van der Waals surface area contributed by atoms with Crippen LogP contribution < -0.4 is 5.32 Å². The molecule has 1 N–H and O–H groups in total. The van der Waals surface area contributed by atoms with Crippen LogP contribution in [-0.2, 0) is 24.4 Å². The zero-order valence-electron chi connectivity index (χ0n) is 17.3. The Hall–Kier alpha value is -2.32. The van der Waals surface area contributed by atoms with Crippen molar-refractivity contribution in [3.05, 3.63) is 41.7 Å². The monoisotopic (exact) mass is 398 g/mol. The molecule has 8 heteroatoms. The number of fused-ring (bicyclic) bond motifs is 1. The second kappa shape index (κ2) is 8.59. The van der Waals surface area contributed by atoms with Crippen molar-refractivity contribution in [3.8, 4) is 0 Å². The molecule has 4 heterocycles. The van der Waals surface area contributed by atoms with Crippen molar-refractivity contribution in [2.75, 3.05) is 19.7 Å². The molecule has 1 amide bonds. The average Bonchev–Trinajstić information content (AvgIpc) is 3.04. The molecular weight excluding hydrogens is 368 g/mol. The Morgan fingerprint density at radius 2 is 2.14 bits per heavy atom. The van der Waals surface area contributed by atoms with Gasteiger partial charge in [0.15, 0.2) is 5.82 Å². The van der Waals surface area contributed by atoms with Crippen molar-refractivity contribution in [3.63, 3.8) is 0 Å². The summed E-state index contributed by atoms with van der Waals surface area (Å²) in [5, 5.41) is 11.4. The van der Waals surface area contributed by atoms with E-state index < -0.39 is 0 Å². The van der Waals surface area contributed by atoms with Gasteiger partial charge in [-0.1, -0.05) is 13.0 Å². The van der Waals surface area contributed by atoms with Gasteiger partial charge in [-0.15, -0.1) is 10.2 Å². The van der Waals surface area contributed by atoms with Crippen LogP contribution in [0.1, 0.15) is 55.2 Å². The molecule has 0 radical (unpaired) electrons. The van der Waals surface area contributed by atoms with Gasteiger partial charge in [-0.25, -0.2) is 0 Å². The van der Waals surface area contributed by atoms with E-state index in [0.717, 1.165) is 57.0 Å². The topological polar surface area (TPSA) is 85.2 Å². The van der Waals surface area contributed by atoms with E-state index >= 15 is 0 Å². The van der Waals surface area contributed by atoms with Crippen molar-refractivity contribution < 1.29 is 9.53 Å². The molecule has 1 saturated heterocycles. The molecule has 29 heavy (non-hydrogen) atoms. The van der Waals surface area contributed by atoms with Crippen LogP contribution in [0.5, 0.6) is 0 Å². The van der Waals surface area contributed by atoms with Gasteiger partial charge in [0.05, 0.1) is 12.3 Å². The number of ether oxygens (including phenoxy) is 1. The number of likely N-dealkylation sites (tertiary alicyclic amines) is 1. The smallest absolute Gasteiger partial charge is 0.289 e. The van der Waals surface area contributed by atoms with E-state index in [4.69, 9.17) is 4.74 Å². The summed E-state index contributed by atoms with van der Waals surface area (Å²) in [6.45, 7) is 8.74. The summed E-state index contributed by atoms with van der Waals surface area (Å²) < 4.78 is 7.96. The highest BCUT2D eigenvalue weighted by Crippen LogP contribution is 2.36. The van der Waals surface area contributed by atoms with Gasteiger partial charge in [-0.05, 0) is 51.4 Å². The Bertz CT molecular complexity index is 829. The van der Waals surface area contributed by atoms with E-state index in [0.29, 0.717) is 19.0 Å². The Morgan fingerprint density at radius 3 is 2.86 bits per heavy atom. The third-order valence-corrected chi connectivity index (χ3v) is 6.18. The first-order chi connectivity index (χ1) is 14.1. The summed E-state index contributed by atoms with van der Waals surface area (Å²) in [7, 11) is 0. The molecule has 0 unspecified atom stereocenters. The molecule has 2 aromatic rings. The minimum absolute atomic E-state index is 0.0135. The summed E-state index contributed by atoms with van der Waals surface area (Å²) >= 11 is 0. The Balaban J connectivity index is 1.45. The molecule has 0 saturated carbocycles. The van der Waals surface area contributed by atoms with Gasteiger partial charge in [-0.3, -0.25) is 14.7 Å². The van der Waals surface area contributed by atoms with Gasteiger partial charge >= 0.3 is 0 Å². The van der Waals surface area contributed by atoms with Crippen LogP contribution in [0.15, 0.2) is 24.4 Å². The highest BCUT2D eigenvalue weighted by Gasteiger charge is 2.39. The molecule has 1 fully saturated rings. The molecule has 0 aliphatic carbocycles. The van der Waals surface area contributed by atoms with Crippen LogP contribution in [0, 0.1) is 5.41 Å². The molecule has 0 aromatic carbocycles. The van der Waals surface area contributed by atoms with Gasteiger partial charge in [0.1, 0.15) is 6.61 Å². The maximum Gasteiger partial charge on any atom is 0.289 e. The minimum Gasteiger partial charge on any atom is -0.373 e. The number of nitrogens with zero attached hydrogens (tertiary/aromatic N) is 5. The molecule has 2 aromatic heterocycles. The summed E-state index contributed by atoms with van der Waals surface area (Å²) in [6, 6.07) is 6.17. The lowest BCUT2D eigenvalue weighted by molar-refractivity contribution is -0.00591. The first-order valence-corrected chi connectivity index (χ1v) is 10.5. The third kappa shape index (κ3) is 4.48. The molecule has 1 atom stereocenters. The zero-order valence-corrected chi connectivity index (χ0v) is 17.3. The second-order valence-corrected chi connectivity index (χ2v) is 8.40. The number of rotatable bonds is 5. The SMILES string of the molecule is CC[C@H](C)NC(=O)c1nnc2n1CC1(CCN(Cc3ccccn3)CC1)COC2. The fourth-order valence-corrected chi connectivity index (χ4v) is 4.12. The zero-order chi connectivity index (χ0) is 20.3. The number of nitrogens with one attached hydrogen (secondary N) is 1. The fraction of sp³-hybridized carbons (Fsp3) is 0.619. The number of pyridine rings is 1. The maximum absolute atomic E-state index is 12.7. The van der Waals surface area contributed by atoms with Crippen LogP contribution in [-0.4, -0.2) is 56.3 Å². The number of amides is 1. The largest absolute Gasteiger partial charge is 0.373 e. The maximum atomic E-state index is 12.7. The number of hydrogen-bond donors (Lipinski definition) is 1. The van der Waals surface area contributed by atoms with Crippen molar-refractivity contribution in [2.24, 2.45) is 5.41 Å². The lowest BCUT2D eigenvalue weighted by Gasteiger charge is -2.41. The molecule has 0 bridgehead atoms. The van der Waals surface area contributed by atoms with E-state index in [2.05, 4.69) is 38.4 Å². The van der Waals surface area contributed by atoms with Gasteiger partial charge in [0.2, 0.25) is 5.82 Å². The summed E-state index contributed by atoms with van der Waals surface area (Å²) in [4.78, 5) is 19.6. The van der Waals surface area contributed by atoms with E-state index in [9.17, 15) is 4.79 Å². The van der Waals surface area contributed by atoms with Crippen LogP contribution in [0.25, 0.3) is 0 Å². The second-order valence-electron chi connectivity index (χ2n) is 8.40. The number of piperidine rings is 1. The van der Waals surface area contributed by atoms with Crippen LogP contribution in [0.4, 0.5) is 0 Å². The number of hydrogen-bond acceptors (Lipinski definition) is 6. The lowest BCUT2D eigenvalue weighted by atomic mass is 9.79. The van der Waals surface area contributed by atoms with E-state index in [1.54, 1.807) is 0 Å². The van der Waals surface area contributed by atoms with E-state index in [-0.39, 0.29) is 17.4 Å². The normalized spacial score (nSPS) is 20.1. The quantitative estimate of drug-likeness (QED) is 0.829. The number of carbonyl (C=O) groups is 1. The van der Waals surface area contributed by atoms with Crippen LogP contribution in [0.2, 0.25) is 0 Å². The molecule has 2 aliphatic heterocycles. The molecule has 8 nitrogen and oxygen atoms in total. The van der Waals surface area contributed by atoms with Gasteiger partial charge in [-0.2, -0.15) is 0 Å². The molecular formula is C21H30N6O2. The Kier molecular flexibility index (Phi) is 5.91. The first-order valence-electron chi connectivity index (χ1n) is 10.5. The molecule has 4 rings (SSSR count). The standard InChI is InChI=1S/C21H30N6O2/c1-3-16(2)23-20(28)19-25-24-18-13-29-15-21(14-27(18)19)7-10-26(11-8-21)12-17-6-4-5-9-22-17/h4-6,9,16H,3,7-8,10-15H2,1-2H3,(H,23,28)/t16-/m0/s1. The Labute approximate surface area is 171 Å². The summed E-state index contributed by atoms with van der Waals surface area (Å²) in [5.74, 6) is 0.996. The first kappa shape index (κ1) is 20.0. The van der Waals surface area contributed by atoms with Crippen molar-refractivity contribution in [2.45, 2.75) is 58.8 Å². The van der Waals surface area contributed by atoms with Gasteiger partial charge in [0, 0.05) is 30.7 Å².